The zero-order valence-corrected chi connectivity index (χ0v) is 20.0. The van der Waals surface area contributed by atoms with Crippen molar-refractivity contribution < 1.29 is 21.6 Å². The number of sulfone groups is 1. The monoisotopic (exact) mass is 481 g/mol. The Balaban J connectivity index is 1.95. The third-order valence-electron chi connectivity index (χ3n) is 6.25. The minimum atomic E-state index is -4.61. The molecule has 0 bridgehead atoms. The summed E-state index contributed by atoms with van der Waals surface area (Å²) in [5.41, 5.74) is 0.612. The predicted octanol–water partition coefficient (Wildman–Crippen LogP) is 4.77. The first-order valence-corrected chi connectivity index (χ1v) is 12.3. The maximum absolute atomic E-state index is 13.1. The average Bonchev–Trinajstić information content (AvgIpc) is 3.24. The van der Waals surface area contributed by atoms with Gasteiger partial charge in [-0.25, -0.2) is 23.4 Å². The van der Waals surface area contributed by atoms with E-state index in [2.05, 4.69) is 34.9 Å². The molecule has 0 spiro atoms. The number of hydrogen-bond donors (Lipinski definition) is 0. The van der Waals surface area contributed by atoms with Gasteiger partial charge in [0.2, 0.25) is 0 Å². The Morgan fingerprint density at radius 3 is 2.39 bits per heavy atom. The van der Waals surface area contributed by atoms with Gasteiger partial charge >= 0.3 is 6.18 Å². The van der Waals surface area contributed by atoms with E-state index in [1.807, 2.05) is 0 Å². The van der Waals surface area contributed by atoms with Crippen molar-refractivity contribution >= 4 is 26.4 Å². The van der Waals surface area contributed by atoms with E-state index < -0.39 is 21.7 Å². The highest BCUT2D eigenvalue weighted by molar-refractivity contribution is 7.91. The number of pyridine rings is 1. The molecule has 0 aliphatic heterocycles. The summed E-state index contributed by atoms with van der Waals surface area (Å²) in [6.45, 7) is 5.90. The summed E-state index contributed by atoms with van der Waals surface area (Å²) in [6.07, 6.45) is 1.12. The molecule has 11 heteroatoms. The van der Waals surface area contributed by atoms with E-state index in [9.17, 15) is 21.6 Å². The van der Waals surface area contributed by atoms with Gasteiger partial charge in [-0.15, -0.1) is 0 Å². The molecule has 178 valence electrons. The van der Waals surface area contributed by atoms with E-state index in [4.69, 9.17) is 0 Å². The topological polar surface area (TPSA) is 82.7 Å². The Labute approximate surface area is 190 Å². The van der Waals surface area contributed by atoms with Crippen molar-refractivity contribution in [3.05, 3.63) is 29.9 Å². The summed E-state index contributed by atoms with van der Waals surface area (Å²) in [5.74, 6) is 0.569. The van der Waals surface area contributed by atoms with Crippen molar-refractivity contribution in [2.75, 3.05) is 5.75 Å². The van der Waals surface area contributed by atoms with Gasteiger partial charge in [0, 0.05) is 14.1 Å². The summed E-state index contributed by atoms with van der Waals surface area (Å²) in [5, 5.41) is 0.00754. The lowest BCUT2D eigenvalue weighted by atomic mass is 9.78. The summed E-state index contributed by atoms with van der Waals surface area (Å²) in [4.78, 5) is 12.5. The minimum absolute atomic E-state index is 0.00754. The molecule has 0 amide bonds. The summed E-state index contributed by atoms with van der Waals surface area (Å²) < 4.78 is 68.6. The Morgan fingerprint density at radius 2 is 1.82 bits per heavy atom. The van der Waals surface area contributed by atoms with Crippen LogP contribution in [-0.4, -0.2) is 38.3 Å². The van der Waals surface area contributed by atoms with Crippen LogP contribution in [0, 0.1) is 5.41 Å². The zero-order valence-electron chi connectivity index (χ0n) is 19.2. The second-order valence-corrected chi connectivity index (χ2v) is 11.4. The van der Waals surface area contributed by atoms with Crippen LogP contribution in [0.1, 0.15) is 51.6 Å². The van der Waals surface area contributed by atoms with Gasteiger partial charge in [0.25, 0.3) is 0 Å². The first kappa shape index (κ1) is 23.5. The first-order valence-electron chi connectivity index (χ1n) is 10.6. The summed E-state index contributed by atoms with van der Waals surface area (Å²) in [6, 6.07) is 0.864. The van der Waals surface area contributed by atoms with E-state index in [0.29, 0.717) is 11.3 Å². The molecule has 1 aliphatic rings. The lowest BCUT2D eigenvalue weighted by Gasteiger charge is -2.28. The Morgan fingerprint density at radius 1 is 1.12 bits per heavy atom. The van der Waals surface area contributed by atoms with Crippen molar-refractivity contribution in [1.82, 2.24) is 24.1 Å². The van der Waals surface area contributed by atoms with Crippen LogP contribution in [0.4, 0.5) is 13.2 Å². The van der Waals surface area contributed by atoms with Gasteiger partial charge in [-0.1, -0.05) is 26.8 Å². The summed E-state index contributed by atoms with van der Waals surface area (Å²) >= 11 is 0. The number of aromatic nitrogens is 5. The minimum Gasteiger partial charge on any atom is -0.324 e. The van der Waals surface area contributed by atoms with Gasteiger partial charge in [-0.2, -0.15) is 13.2 Å². The SMILES string of the molecule is CCS(=O)(=O)c1c(-c2nc3cc(C(F)(F)F)ncc3n2C)nc(C2=CCC(C)(C)CC2)n1C. The fraction of sp³-hybridized carbons (Fsp3) is 0.500. The quantitative estimate of drug-likeness (QED) is 0.536. The van der Waals surface area contributed by atoms with Crippen molar-refractivity contribution in [2.45, 2.75) is 51.2 Å². The molecule has 3 aromatic rings. The lowest BCUT2D eigenvalue weighted by Crippen LogP contribution is -2.16. The number of aryl methyl sites for hydroxylation is 1. The van der Waals surface area contributed by atoms with Crippen LogP contribution in [-0.2, 0) is 30.1 Å². The van der Waals surface area contributed by atoms with E-state index in [0.717, 1.165) is 37.1 Å². The van der Waals surface area contributed by atoms with Crippen molar-refractivity contribution in [1.29, 1.82) is 0 Å². The molecule has 0 aromatic carbocycles. The van der Waals surface area contributed by atoms with E-state index >= 15 is 0 Å². The molecule has 1 aliphatic carbocycles. The fourth-order valence-corrected chi connectivity index (χ4v) is 5.35. The largest absolute Gasteiger partial charge is 0.433 e. The molecule has 0 fully saturated rings. The van der Waals surface area contributed by atoms with Gasteiger partial charge in [-0.3, -0.25) is 0 Å². The number of rotatable bonds is 4. The van der Waals surface area contributed by atoms with Crippen molar-refractivity contribution in [2.24, 2.45) is 19.5 Å². The molecule has 0 saturated heterocycles. The second kappa shape index (κ2) is 7.68. The highest BCUT2D eigenvalue weighted by Crippen LogP contribution is 2.40. The predicted molar refractivity (Wildman–Crippen MR) is 119 cm³/mol. The molecule has 0 N–H and O–H groups in total. The highest BCUT2D eigenvalue weighted by atomic mass is 32.2. The molecule has 0 unspecified atom stereocenters. The Kier molecular flexibility index (Phi) is 5.46. The summed E-state index contributed by atoms with van der Waals surface area (Å²) in [7, 11) is -0.446. The van der Waals surface area contributed by atoms with Crippen LogP contribution in [0.3, 0.4) is 0 Å². The van der Waals surface area contributed by atoms with Crippen LogP contribution in [0.25, 0.3) is 28.1 Å². The van der Waals surface area contributed by atoms with E-state index in [-0.39, 0.29) is 33.2 Å². The van der Waals surface area contributed by atoms with Gasteiger partial charge in [-0.05, 0) is 36.3 Å². The van der Waals surface area contributed by atoms with E-state index in [1.165, 1.54) is 4.57 Å². The molecule has 0 radical (unpaired) electrons. The average molecular weight is 482 g/mol. The number of allylic oxidation sites excluding steroid dienone is 2. The number of nitrogens with zero attached hydrogens (tertiary/aromatic N) is 5. The van der Waals surface area contributed by atoms with Gasteiger partial charge in [0.05, 0.1) is 23.0 Å². The number of alkyl halides is 3. The third-order valence-corrected chi connectivity index (χ3v) is 8.06. The molecule has 3 heterocycles. The van der Waals surface area contributed by atoms with Crippen LogP contribution in [0.15, 0.2) is 23.4 Å². The fourth-order valence-electron chi connectivity index (χ4n) is 4.14. The number of imidazole rings is 2. The van der Waals surface area contributed by atoms with Gasteiger partial charge < -0.3 is 9.13 Å². The molecule has 33 heavy (non-hydrogen) atoms. The lowest BCUT2D eigenvalue weighted by molar-refractivity contribution is -0.141. The Bertz CT molecular complexity index is 1380. The number of fused-ring (bicyclic) bond motifs is 1. The zero-order chi connectivity index (χ0) is 24.3. The van der Waals surface area contributed by atoms with Crippen LogP contribution in [0.2, 0.25) is 0 Å². The van der Waals surface area contributed by atoms with E-state index in [1.54, 1.807) is 25.6 Å². The molecule has 0 atom stereocenters. The van der Waals surface area contributed by atoms with Crippen LogP contribution >= 0.6 is 0 Å². The normalized spacial score (nSPS) is 16.9. The van der Waals surface area contributed by atoms with Gasteiger partial charge in [0.15, 0.2) is 20.7 Å². The smallest absolute Gasteiger partial charge is 0.324 e. The molecular weight excluding hydrogens is 455 g/mol. The Hall–Kier alpha value is -2.69. The second-order valence-electron chi connectivity index (χ2n) is 9.20. The molecule has 7 nitrogen and oxygen atoms in total. The maximum atomic E-state index is 13.1. The van der Waals surface area contributed by atoms with Crippen LogP contribution < -0.4 is 0 Å². The highest BCUT2D eigenvalue weighted by Gasteiger charge is 2.34. The van der Waals surface area contributed by atoms with Gasteiger partial charge in [0.1, 0.15) is 17.2 Å². The number of hydrogen-bond acceptors (Lipinski definition) is 5. The molecular formula is C22H26F3N5O2S. The molecule has 4 rings (SSSR count). The molecule has 3 aromatic heterocycles. The molecule has 0 saturated carbocycles. The third kappa shape index (κ3) is 4.07. The van der Waals surface area contributed by atoms with Crippen LogP contribution in [0.5, 0.6) is 0 Å². The van der Waals surface area contributed by atoms with Crippen molar-refractivity contribution in [3.8, 4) is 11.5 Å². The first-order chi connectivity index (χ1) is 15.2. The number of halogens is 3. The standard InChI is InChI=1S/C22H26F3N5O2S/c1-6-33(31,32)20-17(28-18(30(20)5)13-7-9-21(2,3)10-8-13)19-27-14-11-16(22(23,24)25)26-12-15(14)29(19)4/h7,11-12H,6,8-10H2,1-5H3. The maximum Gasteiger partial charge on any atom is 0.433 e. The van der Waals surface area contributed by atoms with Crippen molar-refractivity contribution in [3.63, 3.8) is 0 Å².